The van der Waals surface area contributed by atoms with Crippen LogP contribution in [0.4, 0.5) is 17.3 Å². The van der Waals surface area contributed by atoms with Crippen molar-refractivity contribution in [2.45, 2.75) is 58.0 Å². The van der Waals surface area contributed by atoms with E-state index in [4.69, 9.17) is 10.9 Å². The van der Waals surface area contributed by atoms with Crippen LogP contribution in [0.1, 0.15) is 51.8 Å². The second-order valence-electron chi connectivity index (χ2n) is 7.98. The van der Waals surface area contributed by atoms with E-state index in [0.717, 1.165) is 18.9 Å². The van der Waals surface area contributed by atoms with Crippen LogP contribution in [-0.4, -0.2) is 65.0 Å². The Hall–Kier alpha value is -2.42. The van der Waals surface area contributed by atoms with Gasteiger partial charge in [0, 0.05) is 25.7 Å². The Morgan fingerprint density at radius 1 is 1.39 bits per heavy atom. The minimum Gasteiger partial charge on any atom is -0.409 e. The summed E-state index contributed by atoms with van der Waals surface area (Å²) in [6.07, 6.45) is 6.13. The van der Waals surface area contributed by atoms with E-state index < -0.39 is 0 Å². The summed E-state index contributed by atoms with van der Waals surface area (Å²) in [5, 5.41) is 15.6. The van der Waals surface area contributed by atoms with E-state index in [1.807, 2.05) is 7.05 Å². The lowest BCUT2D eigenvalue weighted by molar-refractivity contribution is 0.271. The van der Waals surface area contributed by atoms with Crippen LogP contribution in [0.3, 0.4) is 0 Å². The number of aliphatic imine (C=N–C) groups is 1. The van der Waals surface area contributed by atoms with E-state index in [1.54, 1.807) is 0 Å². The SMILES string of the molecule is C=Nc1nc(/C(N)=N/O)nc(N[C@H](C)C2CCC2)c1N(C)CN1CCCC1C. The molecule has 2 atom stereocenters. The first-order valence-electron chi connectivity index (χ1n) is 10.0. The van der Waals surface area contributed by atoms with Crippen LogP contribution in [0.2, 0.25) is 0 Å². The molecule has 0 amide bonds. The Bertz CT molecular complexity index is 733. The molecule has 0 spiro atoms. The molecule has 0 radical (unpaired) electrons. The van der Waals surface area contributed by atoms with Crippen LogP contribution in [0.25, 0.3) is 0 Å². The number of nitrogens with zero attached hydrogens (tertiary/aromatic N) is 6. The number of nitrogens with two attached hydrogens (primary N) is 1. The van der Waals surface area contributed by atoms with E-state index in [-0.39, 0.29) is 17.7 Å². The molecule has 1 aliphatic carbocycles. The summed E-state index contributed by atoms with van der Waals surface area (Å²) in [6, 6.07) is 0.810. The first-order chi connectivity index (χ1) is 13.4. The third-order valence-corrected chi connectivity index (χ3v) is 6.04. The maximum absolute atomic E-state index is 9.06. The molecule has 1 saturated heterocycles. The zero-order valence-corrected chi connectivity index (χ0v) is 17.1. The number of hydrogen-bond acceptors (Lipinski definition) is 8. The number of amidine groups is 1. The lowest BCUT2D eigenvalue weighted by Gasteiger charge is -2.34. The van der Waals surface area contributed by atoms with Gasteiger partial charge in [0.2, 0.25) is 11.7 Å². The van der Waals surface area contributed by atoms with Crippen molar-refractivity contribution in [2.24, 2.45) is 21.8 Å². The predicted molar refractivity (Wildman–Crippen MR) is 113 cm³/mol. The molecule has 0 bridgehead atoms. The first-order valence-corrected chi connectivity index (χ1v) is 10.0. The summed E-state index contributed by atoms with van der Waals surface area (Å²) >= 11 is 0. The monoisotopic (exact) mass is 388 g/mol. The Morgan fingerprint density at radius 3 is 2.68 bits per heavy atom. The second-order valence-corrected chi connectivity index (χ2v) is 7.98. The molecular formula is C19H32N8O. The molecule has 1 saturated carbocycles. The number of rotatable bonds is 8. The summed E-state index contributed by atoms with van der Waals surface area (Å²) in [5.41, 5.74) is 6.54. The highest BCUT2D eigenvalue weighted by molar-refractivity contribution is 5.95. The van der Waals surface area contributed by atoms with Crippen molar-refractivity contribution in [3.63, 3.8) is 0 Å². The zero-order valence-electron chi connectivity index (χ0n) is 17.1. The predicted octanol–water partition coefficient (Wildman–Crippen LogP) is 2.38. The molecule has 1 aromatic rings. The van der Waals surface area contributed by atoms with Gasteiger partial charge in [-0.15, -0.1) is 0 Å². The highest BCUT2D eigenvalue weighted by Gasteiger charge is 2.28. The number of anilines is 2. The minimum atomic E-state index is -0.147. The normalized spacial score (nSPS) is 22.0. The number of nitrogens with one attached hydrogen (secondary N) is 1. The van der Waals surface area contributed by atoms with Crippen LogP contribution in [0.15, 0.2) is 10.1 Å². The van der Waals surface area contributed by atoms with Gasteiger partial charge in [0.1, 0.15) is 5.69 Å². The molecule has 2 aliphatic rings. The molecule has 1 aromatic heterocycles. The molecule has 1 unspecified atom stereocenters. The van der Waals surface area contributed by atoms with Crippen LogP contribution in [0, 0.1) is 5.92 Å². The van der Waals surface area contributed by atoms with Gasteiger partial charge in [-0.1, -0.05) is 11.6 Å². The van der Waals surface area contributed by atoms with Gasteiger partial charge in [-0.05, 0) is 52.2 Å². The van der Waals surface area contributed by atoms with Gasteiger partial charge in [0.05, 0.1) is 6.67 Å². The van der Waals surface area contributed by atoms with Crippen molar-refractivity contribution >= 4 is 29.9 Å². The summed E-state index contributed by atoms with van der Waals surface area (Å²) in [7, 11) is 2.01. The minimum absolute atomic E-state index is 0.139. The van der Waals surface area contributed by atoms with Gasteiger partial charge in [-0.25, -0.2) is 15.0 Å². The number of aromatic nitrogens is 2. The van der Waals surface area contributed by atoms with Crippen LogP contribution in [0.5, 0.6) is 0 Å². The summed E-state index contributed by atoms with van der Waals surface area (Å²) in [6.45, 7) is 9.93. The lowest BCUT2D eigenvalue weighted by atomic mass is 9.80. The molecule has 2 fully saturated rings. The van der Waals surface area contributed by atoms with E-state index in [0.29, 0.717) is 23.6 Å². The molecule has 9 nitrogen and oxygen atoms in total. The Morgan fingerprint density at radius 2 is 2.14 bits per heavy atom. The van der Waals surface area contributed by atoms with Gasteiger partial charge in [-0.3, -0.25) is 4.90 Å². The van der Waals surface area contributed by atoms with E-state index >= 15 is 0 Å². The van der Waals surface area contributed by atoms with Crippen molar-refractivity contribution in [1.29, 1.82) is 0 Å². The average Bonchev–Trinajstić information content (AvgIpc) is 3.03. The van der Waals surface area contributed by atoms with Crippen molar-refractivity contribution in [1.82, 2.24) is 14.9 Å². The fraction of sp³-hybridized carbons (Fsp3) is 0.684. The summed E-state index contributed by atoms with van der Waals surface area (Å²) in [5.74, 6) is 1.69. The molecule has 3 rings (SSSR count). The molecule has 2 heterocycles. The van der Waals surface area contributed by atoms with Gasteiger partial charge in [0.15, 0.2) is 11.6 Å². The average molecular weight is 389 g/mol. The van der Waals surface area contributed by atoms with E-state index in [9.17, 15) is 0 Å². The summed E-state index contributed by atoms with van der Waals surface area (Å²) < 4.78 is 0. The smallest absolute Gasteiger partial charge is 0.208 e. The maximum Gasteiger partial charge on any atom is 0.208 e. The third-order valence-electron chi connectivity index (χ3n) is 6.04. The molecule has 154 valence electrons. The van der Waals surface area contributed by atoms with Crippen molar-refractivity contribution in [2.75, 3.05) is 30.5 Å². The Kier molecular flexibility index (Phi) is 6.33. The number of likely N-dealkylation sites (tertiary alicyclic amines) is 1. The second kappa shape index (κ2) is 8.72. The van der Waals surface area contributed by atoms with Gasteiger partial charge in [0.25, 0.3) is 0 Å². The van der Waals surface area contributed by atoms with Crippen molar-refractivity contribution in [3.05, 3.63) is 5.82 Å². The number of hydrogen-bond donors (Lipinski definition) is 3. The Balaban J connectivity index is 1.95. The van der Waals surface area contributed by atoms with Gasteiger partial charge < -0.3 is 21.2 Å². The lowest BCUT2D eigenvalue weighted by Crippen LogP contribution is -2.39. The van der Waals surface area contributed by atoms with Crippen LogP contribution in [-0.2, 0) is 0 Å². The molecular weight excluding hydrogens is 356 g/mol. The molecule has 9 heteroatoms. The zero-order chi connectivity index (χ0) is 20.3. The molecule has 0 aromatic carbocycles. The number of oxime groups is 1. The fourth-order valence-corrected chi connectivity index (χ4v) is 3.98. The highest BCUT2D eigenvalue weighted by atomic mass is 16.4. The van der Waals surface area contributed by atoms with Gasteiger partial charge in [-0.2, -0.15) is 0 Å². The summed E-state index contributed by atoms with van der Waals surface area (Å²) in [4.78, 5) is 17.6. The standard InChI is InChI=1S/C19H32N8O/c1-12-7-6-10-27(12)11-26(4)15-17(21-3)23-19(16(20)25-28)24-18(15)22-13(2)14-8-5-9-14/h12-14,28H,3,5-11H2,1-2,4H3,(H2,20,25)(H,22,23,24)/t12?,13-/m1/s1. The Labute approximate surface area is 166 Å². The fourth-order valence-electron chi connectivity index (χ4n) is 3.98. The van der Waals surface area contributed by atoms with E-state index in [1.165, 1.54) is 32.1 Å². The molecule has 4 N–H and O–H groups in total. The maximum atomic E-state index is 9.06. The van der Waals surface area contributed by atoms with Crippen LogP contribution < -0.4 is 16.0 Å². The first kappa shape index (κ1) is 20.3. The van der Waals surface area contributed by atoms with Crippen LogP contribution >= 0.6 is 0 Å². The van der Waals surface area contributed by atoms with E-state index in [2.05, 4.69) is 55.8 Å². The topological polar surface area (TPSA) is 115 Å². The van der Waals surface area contributed by atoms with Gasteiger partial charge >= 0.3 is 0 Å². The quantitative estimate of drug-likeness (QED) is 0.271. The largest absolute Gasteiger partial charge is 0.409 e. The highest BCUT2D eigenvalue weighted by Crippen LogP contribution is 2.37. The van der Waals surface area contributed by atoms with Crippen molar-refractivity contribution < 1.29 is 5.21 Å². The molecule has 28 heavy (non-hydrogen) atoms. The van der Waals surface area contributed by atoms with Crippen molar-refractivity contribution in [3.8, 4) is 0 Å². The third kappa shape index (κ3) is 4.19. The molecule has 1 aliphatic heterocycles.